The van der Waals surface area contributed by atoms with Crippen LogP contribution >= 0.6 is 11.8 Å². The Labute approximate surface area is 116 Å². The van der Waals surface area contributed by atoms with Crippen LogP contribution in [-0.4, -0.2) is 17.7 Å². The molecule has 19 heavy (non-hydrogen) atoms. The molecule has 0 bridgehead atoms. The number of halogens is 2. The summed E-state index contributed by atoms with van der Waals surface area (Å²) < 4.78 is 24.9. The van der Waals surface area contributed by atoms with Crippen LogP contribution in [0.25, 0.3) is 0 Å². The molecular weight excluding hydrogens is 268 g/mol. The molecule has 2 unspecified atom stereocenters. The summed E-state index contributed by atoms with van der Waals surface area (Å²) in [4.78, 5) is 12.5. The Balaban J connectivity index is 2.06. The first-order valence-corrected chi connectivity index (χ1v) is 7.29. The Morgan fingerprint density at radius 3 is 2.74 bits per heavy atom. The van der Waals surface area contributed by atoms with E-state index < -0.39 is 5.76 Å². The van der Waals surface area contributed by atoms with Crippen LogP contribution in [-0.2, 0) is 0 Å². The van der Waals surface area contributed by atoms with Crippen molar-refractivity contribution < 1.29 is 13.6 Å². The minimum Gasteiger partial charge on any atom is -0.349 e. The van der Waals surface area contributed by atoms with Crippen molar-refractivity contribution in [2.75, 3.05) is 0 Å². The Bertz CT molecular complexity index is 453. The molecule has 1 N–H and O–H groups in total. The highest BCUT2D eigenvalue weighted by molar-refractivity contribution is 7.99. The lowest BCUT2D eigenvalue weighted by molar-refractivity contribution is 0.0934. The average molecular weight is 285 g/mol. The van der Waals surface area contributed by atoms with E-state index in [1.165, 1.54) is 0 Å². The lowest BCUT2D eigenvalue weighted by Gasteiger charge is -2.14. The molecule has 0 aromatic heterocycles. The van der Waals surface area contributed by atoms with Crippen LogP contribution in [0.1, 0.15) is 36.5 Å². The number of carbonyl (C=O) groups excluding carboxylic acids is 1. The van der Waals surface area contributed by atoms with E-state index in [4.69, 9.17) is 0 Å². The number of rotatable bonds is 4. The third kappa shape index (κ3) is 3.93. The fraction of sp³-hybridized carbons (Fsp3) is 0.500. The van der Waals surface area contributed by atoms with Gasteiger partial charge in [0.25, 0.3) is 11.7 Å². The van der Waals surface area contributed by atoms with Gasteiger partial charge in [-0.25, -0.2) is 0 Å². The Morgan fingerprint density at radius 2 is 2.11 bits per heavy atom. The molecule has 1 aliphatic rings. The quantitative estimate of drug-likeness (QED) is 0.850. The fourth-order valence-electron chi connectivity index (χ4n) is 2.45. The summed E-state index contributed by atoms with van der Waals surface area (Å²) in [6, 6.07) is 6.69. The van der Waals surface area contributed by atoms with Gasteiger partial charge in [0.15, 0.2) is 0 Å². The second kappa shape index (κ2) is 6.37. The Kier molecular flexibility index (Phi) is 4.80. The van der Waals surface area contributed by atoms with E-state index in [9.17, 15) is 13.6 Å². The summed E-state index contributed by atoms with van der Waals surface area (Å²) in [6.07, 6.45) is 3.05. The van der Waals surface area contributed by atoms with Gasteiger partial charge in [-0.15, -0.1) is 0 Å². The van der Waals surface area contributed by atoms with E-state index in [1.54, 1.807) is 24.3 Å². The van der Waals surface area contributed by atoms with E-state index in [-0.39, 0.29) is 11.9 Å². The molecule has 1 fully saturated rings. The van der Waals surface area contributed by atoms with Gasteiger partial charge in [-0.1, -0.05) is 30.8 Å². The number of hydrogen-bond acceptors (Lipinski definition) is 2. The maximum Gasteiger partial charge on any atom is 0.288 e. The maximum atomic E-state index is 12.5. The monoisotopic (exact) mass is 285 g/mol. The van der Waals surface area contributed by atoms with Crippen LogP contribution in [0.2, 0.25) is 0 Å². The molecule has 1 aliphatic carbocycles. The fourth-order valence-corrected chi connectivity index (χ4v) is 3.09. The zero-order valence-corrected chi connectivity index (χ0v) is 11.6. The number of amides is 1. The molecule has 0 heterocycles. The first-order chi connectivity index (χ1) is 9.06. The molecule has 0 aliphatic heterocycles. The van der Waals surface area contributed by atoms with E-state index in [2.05, 4.69) is 12.2 Å². The van der Waals surface area contributed by atoms with Crippen LogP contribution in [0.4, 0.5) is 8.78 Å². The van der Waals surface area contributed by atoms with Gasteiger partial charge in [-0.05, 0) is 37.3 Å². The predicted octanol–water partition coefficient (Wildman–Crippen LogP) is 3.92. The molecule has 0 radical (unpaired) electrons. The topological polar surface area (TPSA) is 29.1 Å². The minimum absolute atomic E-state index is 0.173. The SMILES string of the molecule is CC1CCC(NC(=O)c2ccccc2SC(F)F)C1. The standard InChI is InChI=1S/C14H17F2NOS/c1-9-6-7-10(8-9)17-13(18)11-4-2-3-5-12(11)19-14(15)16/h2-5,9-10,14H,6-8H2,1H3,(H,17,18). The third-order valence-electron chi connectivity index (χ3n) is 3.38. The molecule has 2 nitrogen and oxygen atoms in total. The van der Waals surface area contributed by atoms with Crippen molar-refractivity contribution in [1.29, 1.82) is 0 Å². The van der Waals surface area contributed by atoms with Gasteiger partial charge in [0.05, 0.1) is 5.56 Å². The molecule has 2 atom stereocenters. The van der Waals surface area contributed by atoms with Crippen molar-refractivity contribution in [3.8, 4) is 0 Å². The number of thioether (sulfide) groups is 1. The number of alkyl halides is 2. The molecule has 1 aromatic rings. The van der Waals surface area contributed by atoms with Crippen molar-refractivity contribution in [3.63, 3.8) is 0 Å². The van der Waals surface area contributed by atoms with Gasteiger partial charge < -0.3 is 5.32 Å². The zero-order valence-electron chi connectivity index (χ0n) is 10.7. The van der Waals surface area contributed by atoms with Gasteiger partial charge in [0.2, 0.25) is 0 Å². The maximum absolute atomic E-state index is 12.5. The summed E-state index contributed by atoms with van der Waals surface area (Å²) in [5.74, 6) is -2.14. The van der Waals surface area contributed by atoms with Crippen molar-refractivity contribution in [1.82, 2.24) is 5.32 Å². The number of nitrogens with one attached hydrogen (secondary N) is 1. The summed E-state index contributed by atoms with van der Waals surface area (Å²) in [7, 11) is 0. The van der Waals surface area contributed by atoms with Gasteiger partial charge in [-0.3, -0.25) is 4.79 Å². The molecule has 1 saturated carbocycles. The van der Waals surface area contributed by atoms with E-state index in [1.807, 2.05) is 0 Å². The minimum atomic E-state index is -2.51. The van der Waals surface area contributed by atoms with Crippen molar-refractivity contribution in [2.24, 2.45) is 5.92 Å². The molecule has 5 heteroatoms. The molecule has 104 valence electrons. The van der Waals surface area contributed by atoms with Crippen LogP contribution in [0.3, 0.4) is 0 Å². The predicted molar refractivity (Wildman–Crippen MR) is 72.6 cm³/mol. The molecule has 0 spiro atoms. The number of carbonyl (C=O) groups is 1. The first-order valence-electron chi connectivity index (χ1n) is 6.41. The second-order valence-corrected chi connectivity index (χ2v) is 6.00. The van der Waals surface area contributed by atoms with Crippen LogP contribution < -0.4 is 5.32 Å². The van der Waals surface area contributed by atoms with Gasteiger partial charge >= 0.3 is 0 Å². The highest BCUT2D eigenvalue weighted by Crippen LogP contribution is 2.29. The van der Waals surface area contributed by atoms with E-state index in [0.29, 0.717) is 28.1 Å². The van der Waals surface area contributed by atoms with Crippen LogP contribution in [0.5, 0.6) is 0 Å². The van der Waals surface area contributed by atoms with Crippen molar-refractivity contribution >= 4 is 17.7 Å². The lowest BCUT2D eigenvalue weighted by atomic mass is 10.1. The number of hydrogen-bond donors (Lipinski definition) is 1. The molecule has 1 amide bonds. The van der Waals surface area contributed by atoms with Gasteiger partial charge in [-0.2, -0.15) is 8.78 Å². The normalized spacial score (nSPS) is 22.7. The summed E-state index contributed by atoms with van der Waals surface area (Å²) in [5.41, 5.74) is 0.340. The molecule has 0 saturated heterocycles. The summed E-state index contributed by atoms with van der Waals surface area (Å²) in [5, 5.41) is 2.94. The lowest BCUT2D eigenvalue weighted by Crippen LogP contribution is -2.33. The summed E-state index contributed by atoms with van der Waals surface area (Å²) in [6.45, 7) is 2.16. The van der Waals surface area contributed by atoms with Crippen LogP contribution in [0.15, 0.2) is 29.2 Å². The second-order valence-electron chi connectivity index (χ2n) is 4.96. The van der Waals surface area contributed by atoms with Crippen molar-refractivity contribution in [2.45, 2.75) is 42.9 Å². The summed E-state index contributed by atoms with van der Waals surface area (Å²) >= 11 is 0.418. The number of benzene rings is 1. The average Bonchev–Trinajstić information content (AvgIpc) is 2.74. The van der Waals surface area contributed by atoms with E-state index in [0.717, 1.165) is 19.3 Å². The highest BCUT2D eigenvalue weighted by atomic mass is 32.2. The Morgan fingerprint density at radius 1 is 1.37 bits per heavy atom. The van der Waals surface area contributed by atoms with Gasteiger partial charge in [0.1, 0.15) is 0 Å². The smallest absolute Gasteiger partial charge is 0.288 e. The third-order valence-corrected chi connectivity index (χ3v) is 4.17. The van der Waals surface area contributed by atoms with Gasteiger partial charge in [0, 0.05) is 10.9 Å². The largest absolute Gasteiger partial charge is 0.349 e. The van der Waals surface area contributed by atoms with Crippen LogP contribution in [0, 0.1) is 5.92 Å². The zero-order chi connectivity index (χ0) is 13.8. The first kappa shape index (κ1) is 14.3. The van der Waals surface area contributed by atoms with Crippen molar-refractivity contribution in [3.05, 3.63) is 29.8 Å². The Hall–Kier alpha value is -1.10. The van der Waals surface area contributed by atoms with E-state index >= 15 is 0 Å². The highest BCUT2D eigenvalue weighted by Gasteiger charge is 2.24. The molecule has 1 aromatic carbocycles. The molecule has 2 rings (SSSR count). The molecular formula is C14H17F2NOS.